The number of alkyl carbamates (subject to hydrolysis) is 1. The number of benzene rings is 3. The number of aliphatic carboxylic acids is 1. The Bertz CT molecular complexity index is 955. The molecule has 0 aliphatic rings. The van der Waals surface area contributed by atoms with Crippen LogP contribution in [0.15, 0.2) is 91.0 Å². The first-order chi connectivity index (χ1) is 15.5. The molecule has 1 amide bonds. The molecule has 3 aromatic carbocycles. The highest BCUT2D eigenvalue weighted by molar-refractivity contribution is 5.75. The fraction of sp³-hybridized carbons (Fsp3) is 0.200. The van der Waals surface area contributed by atoms with E-state index in [0.29, 0.717) is 11.1 Å². The zero-order chi connectivity index (χ0) is 22.8. The Morgan fingerprint density at radius 1 is 0.844 bits per heavy atom. The molecule has 3 rings (SSSR count). The molecule has 0 saturated heterocycles. The van der Waals surface area contributed by atoms with E-state index in [1.54, 1.807) is 60.7 Å². The van der Waals surface area contributed by atoms with Crippen LogP contribution in [0.4, 0.5) is 4.79 Å². The maximum atomic E-state index is 12.0. The Labute approximate surface area is 186 Å². The van der Waals surface area contributed by atoms with Crippen molar-refractivity contribution in [3.63, 3.8) is 0 Å². The van der Waals surface area contributed by atoms with E-state index in [0.717, 1.165) is 5.56 Å². The Morgan fingerprint density at radius 3 is 1.84 bits per heavy atom. The third-order valence-corrected chi connectivity index (χ3v) is 4.94. The van der Waals surface area contributed by atoms with E-state index < -0.39 is 23.8 Å². The number of rotatable bonds is 10. The number of hydrogen-bond donors (Lipinski definition) is 3. The van der Waals surface area contributed by atoms with Gasteiger partial charge in [0, 0.05) is 6.54 Å². The minimum atomic E-state index is -1.88. The predicted octanol–water partition coefficient (Wildman–Crippen LogP) is 3.32. The predicted molar refractivity (Wildman–Crippen MR) is 118 cm³/mol. The SMILES string of the molecule is O=C(NCCOC(c1ccccc1)(c1ccccc1)C(O)C(=O)O)OCc1ccccc1. The van der Waals surface area contributed by atoms with Crippen LogP contribution in [0, 0.1) is 0 Å². The van der Waals surface area contributed by atoms with Crippen LogP contribution in [0.25, 0.3) is 0 Å². The van der Waals surface area contributed by atoms with E-state index in [9.17, 15) is 19.8 Å². The molecule has 1 unspecified atom stereocenters. The van der Waals surface area contributed by atoms with Gasteiger partial charge in [0.25, 0.3) is 0 Å². The van der Waals surface area contributed by atoms with Gasteiger partial charge in [-0.1, -0.05) is 91.0 Å². The van der Waals surface area contributed by atoms with E-state index in [1.165, 1.54) is 0 Å². The third kappa shape index (κ3) is 5.51. The molecule has 0 aliphatic heterocycles. The maximum Gasteiger partial charge on any atom is 0.407 e. The molecule has 0 spiro atoms. The Morgan fingerprint density at radius 2 is 1.34 bits per heavy atom. The van der Waals surface area contributed by atoms with Gasteiger partial charge in [-0.25, -0.2) is 9.59 Å². The van der Waals surface area contributed by atoms with Crippen LogP contribution in [0.2, 0.25) is 0 Å². The molecule has 0 fully saturated rings. The fourth-order valence-corrected chi connectivity index (χ4v) is 3.41. The molecule has 0 heterocycles. The van der Waals surface area contributed by atoms with E-state index >= 15 is 0 Å². The lowest BCUT2D eigenvalue weighted by Gasteiger charge is -2.37. The molecule has 0 aliphatic carbocycles. The molecule has 0 radical (unpaired) electrons. The van der Waals surface area contributed by atoms with Crippen molar-refractivity contribution in [2.45, 2.75) is 18.3 Å². The zero-order valence-electron chi connectivity index (χ0n) is 17.4. The van der Waals surface area contributed by atoms with Gasteiger partial charge in [0.1, 0.15) is 6.61 Å². The summed E-state index contributed by atoms with van der Waals surface area (Å²) in [6.45, 7) is 0.124. The first kappa shape index (κ1) is 23.0. The lowest BCUT2D eigenvalue weighted by molar-refractivity contribution is -0.167. The number of hydrogen-bond acceptors (Lipinski definition) is 5. The summed E-state index contributed by atoms with van der Waals surface area (Å²) in [7, 11) is 0. The molecule has 32 heavy (non-hydrogen) atoms. The van der Waals surface area contributed by atoms with Crippen molar-refractivity contribution in [1.82, 2.24) is 5.32 Å². The molecule has 3 aromatic rings. The largest absolute Gasteiger partial charge is 0.479 e. The molecule has 3 N–H and O–H groups in total. The molecule has 1 atom stereocenters. The van der Waals surface area contributed by atoms with E-state index in [2.05, 4.69) is 5.32 Å². The van der Waals surface area contributed by atoms with Gasteiger partial charge < -0.3 is 25.0 Å². The van der Waals surface area contributed by atoms with Crippen LogP contribution in [-0.4, -0.2) is 41.5 Å². The normalized spacial score (nSPS) is 12.0. The molecule has 0 aromatic heterocycles. The van der Waals surface area contributed by atoms with Crippen molar-refractivity contribution in [1.29, 1.82) is 0 Å². The van der Waals surface area contributed by atoms with Crippen molar-refractivity contribution < 1.29 is 29.3 Å². The summed E-state index contributed by atoms with van der Waals surface area (Å²) in [5.41, 5.74) is 0.153. The summed E-state index contributed by atoms with van der Waals surface area (Å²) in [5, 5.41) is 23.0. The highest BCUT2D eigenvalue weighted by Crippen LogP contribution is 2.37. The van der Waals surface area contributed by atoms with Gasteiger partial charge in [-0.05, 0) is 16.7 Å². The number of carboxylic acids is 1. The third-order valence-electron chi connectivity index (χ3n) is 4.94. The van der Waals surface area contributed by atoms with Crippen molar-refractivity contribution in [2.24, 2.45) is 0 Å². The summed E-state index contributed by atoms with van der Waals surface area (Å²) in [6.07, 6.45) is -2.50. The first-order valence-corrected chi connectivity index (χ1v) is 10.1. The summed E-state index contributed by atoms with van der Waals surface area (Å²) < 4.78 is 11.2. The molecule has 7 heteroatoms. The Hall–Kier alpha value is -3.68. The summed E-state index contributed by atoms with van der Waals surface area (Å²) in [5.74, 6) is -1.42. The van der Waals surface area contributed by atoms with E-state index in [-0.39, 0.29) is 19.8 Å². The second kappa shape index (κ2) is 11.1. The highest BCUT2D eigenvalue weighted by Gasteiger charge is 2.46. The summed E-state index contributed by atoms with van der Waals surface area (Å²) in [6, 6.07) is 26.6. The number of carboxylic acid groups (broad SMARTS) is 1. The quantitative estimate of drug-likeness (QED) is 0.422. The number of aliphatic hydroxyl groups excluding tert-OH is 1. The minimum Gasteiger partial charge on any atom is -0.479 e. The van der Waals surface area contributed by atoms with Gasteiger partial charge >= 0.3 is 12.1 Å². The van der Waals surface area contributed by atoms with Gasteiger partial charge in [-0.2, -0.15) is 0 Å². The van der Waals surface area contributed by atoms with Crippen LogP contribution in [0.1, 0.15) is 16.7 Å². The number of amides is 1. The van der Waals surface area contributed by atoms with E-state index in [1.807, 2.05) is 30.3 Å². The molecule has 0 bridgehead atoms. The van der Waals surface area contributed by atoms with Crippen molar-refractivity contribution in [3.8, 4) is 0 Å². The Kier molecular flexibility index (Phi) is 7.96. The number of aliphatic hydroxyl groups is 1. The zero-order valence-corrected chi connectivity index (χ0v) is 17.4. The molecule has 166 valence electrons. The average Bonchev–Trinajstić information content (AvgIpc) is 2.84. The van der Waals surface area contributed by atoms with Gasteiger partial charge in [0.05, 0.1) is 6.61 Å². The lowest BCUT2D eigenvalue weighted by Crippen LogP contribution is -2.48. The van der Waals surface area contributed by atoms with Gasteiger partial charge in [-0.3, -0.25) is 0 Å². The topological polar surface area (TPSA) is 105 Å². The van der Waals surface area contributed by atoms with Crippen molar-refractivity contribution in [2.75, 3.05) is 13.2 Å². The number of ether oxygens (including phenoxy) is 2. The van der Waals surface area contributed by atoms with Crippen LogP contribution in [0.3, 0.4) is 0 Å². The van der Waals surface area contributed by atoms with Crippen LogP contribution in [-0.2, 0) is 26.5 Å². The fourth-order valence-electron chi connectivity index (χ4n) is 3.41. The number of carbonyl (C=O) groups excluding carboxylic acids is 1. The van der Waals surface area contributed by atoms with Crippen LogP contribution >= 0.6 is 0 Å². The van der Waals surface area contributed by atoms with Crippen LogP contribution < -0.4 is 5.32 Å². The highest BCUT2D eigenvalue weighted by atomic mass is 16.6. The molecular weight excluding hydrogens is 410 g/mol. The lowest BCUT2D eigenvalue weighted by atomic mass is 9.81. The van der Waals surface area contributed by atoms with Gasteiger partial charge in [0.2, 0.25) is 0 Å². The summed E-state index contributed by atoms with van der Waals surface area (Å²) in [4.78, 5) is 23.8. The first-order valence-electron chi connectivity index (χ1n) is 10.1. The maximum absolute atomic E-state index is 12.0. The van der Waals surface area contributed by atoms with Gasteiger partial charge in [0.15, 0.2) is 11.7 Å². The standard InChI is InChI=1S/C25H25NO6/c27-22(23(28)29)25(20-12-6-2-7-13-20,21-14-8-3-9-15-21)32-17-16-26-24(30)31-18-19-10-4-1-5-11-19/h1-15,22,27H,16-18H2,(H,26,30)(H,28,29). The molecule has 7 nitrogen and oxygen atoms in total. The van der Waals surface area contributed by atoms with Crippen molar-refractivity contribution in [3.05, 3.63) is 108 Å². The molecule has 0 saturated carbocycles. The average molecular weight is 435 g/mol. The summed E-state index contributed by atoms with van der Waals surface area (Å²) >= 11 is 0. The second-order valence-corrected chi connectivity index (χ2v) is 7.05. The smallest absolute Gasteiger partial charge is 0.407 e. The number of nitrogens with one attached hydrogen (secondary N) is 1. The van der Waals surface area contributed by atoms with Gasteiger partial charge in [-0.15, -0.1) is 0 Å². The van der Waals surface area contributed by atoms with Crippen molar-refractivity contribution >= 4 is 12.1 Å². The van der Waals surface area contributed by atoms with E-state index in [4.69, 9.17) is 9.47 Å². The Balaban J connectivity index is 1.72. The second-order valence-electron chi connectivity index (χ2n) is 7.05. The monoisotopic (exact) mass is 435 g/mol. The number of carbonyl (C=O) groups is 2. The minimum absolute atomic E-state index is 0.0569. The van der Waals surface area contributed by atoms with Crippen LogP contribution in [0.5, 0.6) is 0 Å². The molecular formula is C25H25NO6.